The summed E-state index contributed by atoms with van der Waals surface area (Å²) in [7, 11) is 0. The number of aryl methyl sites for hydroxylation is 2. The molecule has 2 heterocycles. The van der Waals surface area contributed by atoms with Gasteiger partial charge in [0.25, 0.3) is 5.95 Å². The summed E-state index contributed by atoms with van der Waals surface area (Å²) in [6.07, 6.45) is 1.75. The molecular formula is C11H14N4. The highest BCUT2D eigenvalue weighted by Gasteiger charge is 2.10. The predicted octanol–water partition coefficient (Wildman–Crippen LogP) is 1.90. The smallest absolute Gasteiger partial charge is 0.220 e. The minimum Gasteiger partial charge on any atom is -0.220 e. The van der Waals surface area contributed by atoms with Gasteiger partial charge in [0.15, 0.2) is 0 Å². The lowest BCUT2D eigenvalue weighted by molar-refractivity contribution is 0.768. The second-order valence-electron chi connectivity index (χ2n) is 3.71. The van der Waals surface area contributed by atoms with Crippen LogP contribution in [0.5, 0.6) is 0 Å². The molecule has 0 aliphatic heterocycles. The van der Waals surface area contributed by atoms with E-state index in [0.29, 0.717) is 5.95 Å². The zero-order chi connectivity index (χ0) is 11.0. The fourth-order valence-corrected chi connectivity index (χ4v) is 1.45. The summed E-state index contributed by atoms with van der Waals surface area (Å²) >= 11 is 0. The molecule has 0 saturated carbocycles. The average molecular weight is 202 g/mol. The maximum absolute atomic E-state index is 4.41. The maximum atomic E-state index is 4.41. The SMILES string of the molecule is Cc1ccnc(-n2nc(C)c(C)c2C)n1. The summed E-state index contributed by atoms with van der Waals surface area (Å²) in [6.45, 7) is 8.03. The zero-order valence-corrected chi connectivity index (χ0v) is 9.44. The summed E-state index contributed by atoms with van der Waals surface area (Å²) < 4.78 is 1.79. The van der Waals surface area contributed by atoms with Gasteiger partial charge in [-0.05, 0) is 39.3 Å². The van der Waals surface area contributed by atoms with E-state index >= 15 is 0 Å². The van der Waals surface area contributed by atoms with Crippen molar-refractivity contribution >= 4 is 0 Å². The third-order valence-electron chi connectivity index (χ3n) is 2.62. The number of rotatable bonds is 1. The van der Waals surface area contributed by atoms with Gasteiger partial charge < -0.3 is 0 Å². The minimum absolute atomic E-state index is 0.642. The van der Waals surface area contributed by atoms with Crippen molar-refractivity contribution in [3.8, 4) is 5.95 Å². The van der Waals surface area contributed by atoms with Crippen LogP contribution in [0.2, 0.25) is 0 Å². The third kappa shape index (κ3) is 1.63. The molecule has 4 heteroatoms. The van der Waals surface area contributed by atoms with Crippen molar-refractivity contribution in [3.05, 3.63) is 34.9 Å². The third-order valence-corrected chi connectivity index (χ3v) is 2.62. The van der Waals surface area contributed by atoms with Gasteiger partial charge in [0.2, 0.25) is 0 Å². The van der Waals surface area contributed by atoms with Crippen LogP contribution >= 0.6 is 0 Å². The highest BCUT2D eigenvalue weighted by molar-refractivity contribution is 5.28. The first-order valence-electron chi connectivity index (χ1n) is 4.92. The molecule has 0 aliphatic rings. The van der Waals surface area contributed by atoms with Gasteiger partial charge >= 0.3 is 0 Å². The number of hydrogen-bond donors (Lipinski definition) is 0. The second-order valence-corrected chi connectivity index (χ2v) is 3.71. The Morgan fingerprint density at radius 2 is 1.87 bits per heavy atom. The molecule has 0 atom stereocenters. The summed E-state index contributed by atoms with van der Waals surface area (Å²) in [5.41, 5.74) is 4.26. The molecule has 0 spiro atoms. The van der Waals surface area contributed by atoms with Crippen LogP contribution in [0.25, 0.3) is 5.95 Å². The van der Waals surface area contributed by atoms with Crippen molar-refractivity contribution in [2.75, 3.05) is 0 Å². The fourth-order valence-electron chi connectivity index (χ4n) is 1.45. The Bertz CT molecular complexity index is 499. The van der Waals surface area contributed by atoms with Gasteiger partial charge in [0.05, 0.1) is 5.69 Å². The Morgan fingerprint density at radius 3 is 2.40 bits per heavy atom. The van der Waals surface area contributed by atoms with Crippen LogP contribution in [0.1, 0.15) is 22.6 Å². The Morgan fingerprint density at radius 1 is 1.13 bits per heavy atom. The molecular weight excluding hydrogens is 188 g/mol. The highest BCUT2D eigenvalue weighted by atomic mass is 15.4. The molecule has 0 bridgehead atoms. The first-order valence-corrected chi connectivity index (χ1v) is 4.92. The summed E-state index contributed by atoms with van der Waals surface area (Å²) in [6, 6.07) is 1.88. The van der Waals surface area contributed by atoms with Gasteiger partial charge in [-0.1, -0.05) is 0 Å². The molecule has 2 rings (SSSR count). The van der Waals surface area contributed by atoms with Crippen molar-refractivity contribution in [2.45, 2.75) is 27.7 Å². The quantitative estimate of drug-likeness (QED) is 0.709. The van der Waals surface area contributed by atoms with Crippen molar-refractivity contribution in [1.29, 1.82) is 0 Å². The molecule has 0 radical (unpaired) electrons. The van der Waals surface area contributed by atoms with E-state index < -0.39 is 0 Å². The van der Waals surface area contributed by atoms with E-state index in [4.69, 9.17) is 0 Å². The number of hydrogen-bond acceptors (Lipinski definition) is 3. The van der Waals surface area contributed by atoms with Gasteiger partial charge in [-0.3, -0.25) is 0 Å². The zero-order valence-electron chi connectivity index (χ0n) is 9.44. The van der Waals surface area contributed by atoms with E-state index in [0.717, 1.165) is 17.1 Å². The topological polar surface area (TPSA) is 43.6 Å². The molecule has 78 valence electrons. The fraction of sp³-hybridized carbons (Fsp3) is 0.364. The van der Waals surface area contributed by atoms with Gasteiger partial charge in [-0.2, -0.15) is 5.10 Å². The van der Waals surface area contributed by atoms with Crippen molar-refractivity contribution in [3.63, 3.8) is 0 Å². The van der Waals surface area contributed by atoms with Crippen LogP contribution in [0.15, 0.2) is 12.3 Å². The predicted molar refractivity (Wildman–Crippen MR) is 58.1 cm³/mol. The van der Waals surface area contributed by atoms with E-state index in [9.17, 15) is 0 Å². The lowest BCUT2D eigenvalue weighted by Gasteiger charge is -2.02. The van der Waals surface area contributed by atoms with E-state index in [2.05, 4.69) is 22.0 Å². The molecule has 0 aromatic carbocycles. The van der Waals surface area contributed by atoms with Gasteiger partial charge in [-0.25, -0.2) is 14.6 Å². The minimum atomic E-state index is 0.642. The van der Waals surface area contributed by atoms with E-state index in [1.54, 1.807) is 10.9 Å². The lowest BCUT2D eigenvalue weighted by atomic mass is 10.2. The average Bonchev–Trinajstić information content (AvgIpc) is 2.46. The van der Waals surface area contributed by atoms with Crippen molar-refractivity contribution in [2.24, 2.45) is 0 Å². The van der Waals surface area contributed by atoms with E-state index in [1.807, 2.05) is 26.8 Å². The van der Waals surface area contributed by atoms with Gasteiger partial charge in [-0.15, -0.1) is 0 Å². The Labute approximate surface area is 89.0 Å². The monoisotopic (exact) mass is 202 g/mol. The Hall–Kier alpha value is -1.71. The molecule has 2 aromatic heterocycles. The first-order chi connectivity index (χ1) is 7.09. The largest absolute Gasteiger partial charge is 0.250 e. The van der Waals surface area contributed by atoms with Crippen LogP contribution in [-0.4, -0.2) is 19.7 Å². The molecule has 0 fully saturated rings. The number of nitrogens with zero attached hydrogens (tertiary/aromatic N) is 4. The second kappa shape index (κ2) is 3.46. The van der Waals surface area contributed by atoms with Crippen molar-refractivity contribution < 1.29 is 0 Å². The molecule has 4 nitrogen and oxygen atoms in total. The molecule has 0 amide bonds. The van der Waals surface area contributed by atoms with Crippen LogP contribution in [0.3, 0.4) is 0 Å². The summed E-state index contributed by atoms with van der Waals surface area (Å²) in [5, 5.41) is 4.41. The molecule has 0 saturated heterocycles. The molecule has 0 unspecified atom stereocenters. The summed E-state index contributed by atoms with van der Waals surface area (Å²) in [4.78, 5) is 8.56. The Balaban J connectivity index is 2.59. The summed E-state index contributed by atoms with van der Waals surface area (Å²) in [5.74, 6) is 0.642. The van der Waals surface area contributed by atoms with E-state index in [-0.39, 0.29) is 0 Å². The highest BCUT2D eigenvalue weighted by Crippen LogP contribution is 2.13. The lowest BCUT2D eigenvalue weighted by Crippen LogP contribution is -2.05. The number of aromatic nitrogens is 4. The first kappa shape index (κ1) is 9.83. The van der Waals surface area contributed by atoms with Crippen LogP contribution in [-0.2, 0) is 0 Å². The van der Waals surface area contributed by atoms with Crippen LogP contribution in [0.4, 0.5) is 0 Å². The normalized spacial score (nSPS) is 10.7. The van der Waals surface area contributed by atoms with Crippen LogP contribution < -0.4 is 0 Å². The Kier molecular flexibility index (Phi) is 2.26. The standard InChI is InChI=1S/C11H14N4/c1-7-5-6-12-11(13-7)15-10(4)8(2)9(3)14-15/h5-6H,1-4H3. The van der Waals surface area contributed by atoms with Gasteiger partial charge in [0, 0.05) is 17.6 Å². The van der Waals surface area contributed by atoms with Crippen LogP contribution in [0, 0.1) is 27.7 Å². The maximum Gasteiger partial charge on any atom is 0.250 e. The molecule has 15 heavy (non-hydrogen) atoms. The molecule has 0 N–H and O–H groups in total. The van der Waals surface area contributed by atoms with E-state index in [1.165, 1.54) is 5.56 Å². The molecule has 2 aromatic rings. The van der Waals surface area contributed by atoms with Crippen molar-refractivity contribution in [1.82, 2.24) is 19.7 Å². The molecule has 0 aliphatic carbocycles. The van der Waals surface area contributed by atoms with Gasteiger partial charge in [0.1, 0.15) is 0 Å².